The van der Waals surface area contributed by atoms with Crippen molar-refractivity contribution in [2.45, 2.75) is 19.9 Å². The van der Waals surface area contributed by atoms with Crippen LogP contribution in [-0.2, 0) is 0 Å². The van der Waals surface area contributed by atoms with Gasteiger partial charge in [0.1, 0.15) is 11.5 Å². The number of carbonyl (C=O) groups excluding carboxylic acids is 1. The average Bonchev–Trinajstić information content (AvgIpc) is 2.76. The minimum Gasteiger partial charge on any atom is -0.397 e. The van der Waals surface area contributed by atoms with Crippen LogP contribution in [0.3, 0.4) is 0 Å². The fourth-order valence-corrected chi connectivity index (χ4v) is 2.50. The molecule has 0 aliphatic rings. The zero-order valence-electron chi connectivity index (χ0n) is 11.5. The molecule has 112 valence electrons. The molecular formula is C14H14Cl2FN3O. The first kappa shape index (κ1) is 15.7. The van der Waals surface area contributed by atoms with Gasteiger partial charge in [0.25, 0.3) is 5.91 Å². The van der Waals surface area contributed by atoms with E-state index in [0.717, 1.165) is 12.1 Å². The van der Waals surface area contributed by atoms with Crippen LogP contribution in [0.4, 0.5) is 15.8 Å². The highest BCUT2D eigenvalue weighted by atomic mass is 35.5. The molecule has 2 aromatic rings. The van der Waals surface area contributed by atoms with Crippen LogP contribution in [0.25, 0.3) is 0 Å². The number of rotatable bonds is 3. The lowest BCUT2D eigenvalue weighted by atomic mass is 10.2. The Morgan fingerprint density at radius 3 is 2.38 bits per heavy atom. The Morgan fingerprint density at radius 1 is 1.29 bits per heavy atom. The van der Waals surface area contributed by atoms with Crippen LogP contribution in [0, 0.1) is 5.82 Å². The molecule has 0 atom stereocenters. The first-order chi connectivity index (χ1) is 9.79. The lowest BCUT2D eigenvalue weighted by molar-refractivity contribution is 0.101. The summed E-state index contributed by atoms with van der Waals surface area (Å²) < 4.78 is 14.9. The van der Waals surface area contributed by atoms with Crippen molar-refractivity contribution in [1.29, 1.82) is 0 Å². The van der Waals surface area contributed by atoms with Gasteiger partial charge in [0.15, 0.2) is 0 Å². The summed E-state index contributed by atoms with van der Waals surface area (Å²) in [5.41, 5.74) is 6.74. The van der Waals surface area contributed by atoms with Gasteiger partial charge in [0, 0.05) is 12.2 Å². The van der Waals surface area contributed by atoms with E-state index in [4.69, 9.17) is 28.9 Å². The standard InChI is InChI=1S/C14H14Cl2FN3O/c1-7(2)20-6-9(18)5-12(20)14(21)19-13-10(15)3-8(17)4-11(13)16/h3-7H,18H2,1-2H3,(H,19,21). The van der Waals surface area contributed by atoms with Crippen LogP contribution in [-0.4, -0.2) is 10.5 Å². The molecule has 1 heterocycles. The van der Waals surface area contributed by atoms with Gasteiger partial charge < -0.3 is 15.6 Å². The number of nitrogens with two attached hydrogens (primary N) is 1. The maximum atomic E-state index is 13.1. The van der Waals surface area contributed by atoms with E-state index in [2.05, 4.69) is 5.32 Å². The molecule has 0 fully saturated rings. The molecule has 0 aliphatic heterocycles. The van der Waals surface area contributed by atoms with E-state index in [1.807, 2.05) is 13.8 Å². The third-order valence-electron chi connectivity index (χ3n) is 2.90. The fraction of sp³-hybridized carbons (Fsp3) is 0.214. The maximum Gasteiger partial charge on any atom is 0.272 e. The minimum atomic E-state index is -0.571. The molecule has 4 nitrogen and oxygen atoms in total. The number of benzene rings is 1. The second-order valence-electron chi connectivity index (χ2n) is 4.86. The van der Waals surface area contributed by atoms with Crippen molar-refractivity contribution in [3.8, 4) is 0 Å². The lowest BCUT2D eigenvalue weighted by Gasteiger charge is -2.14. The summed E-state index contributed by atoms with van der Waals surface area (Å²) in [6.07, 6.45) is 1.67. The van der Waals surface area contributed by atoms with E-state index in [1.165, 1.54) is 0 Å². The van der Waals surface area contributed by atoms with Gasteiger partial charge in [-0.3, -0.25) is 4.79 Å². The van der Waals surface area contributed by atoms with E-state index < -0.39 is 11.7 Å². The molecule has 1 aromatic heterocycles. The Balaban J connectivity index is 2.35. The number of nitrogens with one attached hydrogen (secondary N) is 1. The third kappa shape index (κ3) is 3.31. The van der Waals surface area contributed by atoms with Crippen LogP contribution in [0.1, 0.15) is 30.4 Å². The van der Waals surface area contributed by atoms with Crippen molar-refractivity contribution in [2.24, 2.45) is 0 Å². The summed E-state index contributed by atoms with van der Waals surface area (Å²) in [6.45, 7) is 3.85. The number of nitrogen functional groups attached to an aromatic ring is 1. The SMILES string of the molecule is CC(C)n1cc(N)cc1C(=O)Nc1c(Cl)cc(F)cc1Cl. The molecule has 0 saturated heterocycles. The molecule has 21 heavy (non-hydrogen) atoms. The Hall–Kier alpha value is -1.72. The molecule has 0 spiro atoms. The predicted molar refractivity (Wildman–Crippen MR) is 83.6 cm³/mol. The molecule has 0 aliphatic carbocycles. The average molecular weight is 330 g/mol. The van der Waals surface area contributed by atoms with Crippen molar-refractivity contribution < 1.29 is 9.18 Å². The summed E-state index contributed by atoms with van der Waals surface area (Å²) in [5.74, 6) is -0.992. The third-order valence-corrected chi connectivity index (χ3v) is 3.50. The number of hydrogen-bond donors (Lipinski definition) is 2. The highest BCUT2D eigenvalue weighted by molar-refractivity contribution is 6.40. The molecule has 1 aromatic carbocycles. The number of hydrogen-bond acceptors (Lipinski definition) is 2. The van der Waals surface area contributed by atoms with Crippen molar-refractivity contribution in [1.82, 2.24) is 4.57 Å². The van der Waals surface area contributed by atoms with Gasteiger partial charge >= 0.3 is 0 Å². The van der Waals surface area contributed by atoms with E-state index in [0.29, 0.717) is 11.4 Å². The monoisotopic (exact) mass is 329 g/mol. The van der Waals surface area contributed by atoms with E-state index >= 15 is 0 Å². The van der Waals surface area contributed by atoms with Crippen LogP contribution >= 0.6 is 23.2 Å². The van der Waals surface area contributed by atoms with E-state index in [-0.39, 0.29) is 21.8 Å². The molecule has 0 bridgehead atoms. The number of carbonyl (C=O) groups is 1. The Bertz CT molecular complexity index is 675. The molecule has 0 unspecified atom stereocenters. The summed E-state index contributed by atoms with van der Waals surface area (Å²) in [6, 6.07) is 3.78. The molecule has 3 N–H and O–H groups in total. The Morgan fingerprint density at radius 2 is 1.86 bits per heavy atom. The zero-order chi connectivity index (χ0) is 15.7. The molecular weight excluding hydrogens is 316 g/mol. The summed E-state index contributed by atoms with van der Waals surface area (Å²) in [5, 5.41) is 2.65. The van der Waals surface area contributed by atoms with Crippen molar-refractivity contribution >= 4 is 40.5 Å². The van der Waals surface area contributed by atoms with Crippen LogP contribution < -0.4 is 11.1 Å². The number of halogens is 3. The second-order valence-corrected chi connectivity index (χ2v) is 5.67. The fourth-order valence-electron chi connectivity index (χ4n) is 1.95. The van der Waals surface area contributed by atoms with Gasteiger partial charge in [-0.2, -0.15) is 0 Å². The van der Waals surface area contributed by atoms with Crippen molar-refractivity contribution in [3.63, 3.8) is 0 Å². The summed E-state index contributed by atoms with van der Waals surface area (Å²) >= 11 is 11.8. The normalized spacial score (nSPS) is 11.0. The van der Waals surface area contributed by atoms with Gasteiger partial charge in [0.2, 0.25) is 0 Å². The smallest absolute Gasteiger partial charge is 0.272 e. The molecule has 0 saturated carbocycles. The van der Waals surface area contributed by atoms with Gasteiger partial charge in [0.05, 0.1) is 21.4 Å². The van der Waals surface area contributed by atoms with Crippen LogP contribution in [0.5, 0.6) is 0 Å². The first-order valence-electron chi connectivity index (χ1n) is 6.23. The molecule has 0 radical (unpaired) electrons. The maximum absolute atomic E-state index is 13.1. The molecule has 7 heteroatoms. The first-order valence-corrected chi connectivity index (χ1v) is 6.98. The topological polar surface area (TPSA) is 60.0 Å². The van der Waals surface area contributed by atoms with Gasteiger partial charge in [-0.25, -0.2) is 4.39 Å². The Kier molecular flexibility index (Phi) is 4.44. The number of nitrogens with zero attached hydrogens (tertiary/aromatic N) is 1. The van der Waals surface area contributed by atoms with Gasteiger partial charge in [-0.1, -0.05) is 23.2 Å². The Labute approximate surface area is 131 Å². The van der Waals surface area contributed by atoms with Gasteiger partial charge in [-0.05, 0) is 32.0 Å². The largest absolute Gasteiger partial charge is 0.397 e. The number of anilines is 2. The highest BCUT2D eigenvalue weighted by Gasteiger charge is 2.18. The molecule has 1 amide bonds. The second kappa shape index (κ2) is 5.95. The predicted octanol–water partition coefficient (Wildman–Crippen LogP) is 4.35. The summed E-state index contributed by atoms with van der Waals surface area (Å²) in [4.78, 5) is 12.3. The highest BCUT2D eigenvalue weighted by Crippen LogP contribution is 2.32. The van der Waals surface area contributed by atoms with Gasteiger partial charge in [-0.15, -0.1) is 0 Å². The number of aromatic nitrogens is 1. The minimum absolute atomic E-state index is 0.0315. The lowest BCUT2D eigenvalue weighted by Crippen LogP contribution is -2.18. The van der Waals surface area contributed by atoms with Crippen LogP contribution in [0.2, 0.25) is 10.0 Å². The zero-order valence-corrected chi connectivity index (χ0v) is 13.0. The van der Waals surface area contributed by atoms with Crippen molar-refractivity contribution in [3.05, 3.63) is 46.0 Å². The van der Waals surface area contributed by atoms with E-state index in [1.54, 1.807) is 16.8 Å². The van der Waals surface area contributed by atoms with Crippen molar-refractivity contribution in [2.75, 3.05) is 11.1 Å². The van der Waals surface area contributed by atoms with Crippen LogP contribution in [0.15, 0.2) is 24.4 Å². The summed E-state index contributed by atoms with van der Waals surface area (Å²) in [7, 11) is 0. The number of amides is 1. The molecule has 2 rings (SSSR count). The van der Waals surface area contributed by atoms with E-state index in [9.17, 15) is 9.18 Å². The quantitative estimate of drug-likeness (QED) is 0.879.